The van der Waals surface area contributed by atoms with Crippen LogP contribution in [0.5, 0.6) is 0 Å². The Bertz CT molecular complexity index is 1190. The summed E-state index contributed by atoms with van der Waals surface area (Å²) in [5.74, 6) is 0.258. The second-order valence-corrected chi connectivity index (χ2v) is 10.3. The smallest absolute Gasteiger partial charge is 0.239 e. The van der Waals surface area contributed by atoms with Crippen LogP contribution in [0.1, 0.15) is 44.7 Å². The van der Waals surface area contributed by atoms with Crippen LogP contribution in [0.4, 0.5) is 5.69 Å². The normalized spacial score (nSPS) is 22.2. The molecule has 2 saturated heterocycles. The maximum atomic E-state index is 13.0. The van der Waals surface area contributed by atoms with Gasteiger partial charge in [-0.2, -0.15) is 0 Å². The van der Waals surface area contributed by atoms with Crippen molar-refractivity contribution in [1.82, 2.24) is 19.8 Å². The molecule has 0 radical (unpaired) electrons. The SMILES string of the molecule is CC(c1ccc(Cl)cc1Cl)n1cnc2ccc(N3CCN(C(=O)[C@H]4CCCCN4)C[C@H]3C)cc21. The van der Waals surface area contributed by atoms with Crippen molar-refractivity contribution in [3.8, 4) is 0 Å². The molecule has 1 aromatic heterocycles. The zero-order chi connectivity index (χ0) is 23.8. The molecule has 5 rings (SSSR count). The van der Waals surface area contributed by atoms with Gasteiger partial charge in [-0.15, -0.1) is 0 Å². The highest BCUT2D eigenvalue weighted by Crippen LogP contribution is 2.32. The predicted molar refractivity (Wildman–Crippen MR) is 139 cm³/mol. The lowest BCUT2D eigenvalue weighted by atomic mass is 10.0. The first-order valence-corrected chi connectivity index (χ1v) is 12.9. The number of benzene rings is 2. The molecule has 1 unspecified atom stereocenters. The highest BCUT2D eigenvalue weighted by molar-refractivity contribution is 6.35. The van der Waals surface area contributed by atoms with E-state index in [0.29, 0.717) is 10.0 Å². The lowest BCUT2D eigenvalue weighted by Crippen LogP contribution is -2.58. The third kappa shape index (κ3) is 4.51. The first kappa shape index (κ1) is 23.5. The van der Waals surface area contributed by atoms with Crippen LogP contribution >= 0.6 is 23.2 Å². The molecule has 0 spiro atoms. The maximum absolute atomic E-state index is 13.0. The van der Waals surface area contributed by atoms with Gasteiger partial charge in [0, 0.05) is 41.4 Å². The minimum Gasteiger partial charge on any atom is -0.365 e. The Balaban J connectivity index is 1.36. The number of hydrogen-bond acceptors (Lipinski definition) is 4. The number of aromatic nitrogens is 2. The second-order valence-electron chi connectivity index (χ2n) is 9.50. The van der Waals surface area contributed by atoms with Crippen LogP contribution in [0.25, 0.3) is 11.0 Å². The molecule has 3 aromatic rings. The molecule has 3 heterocycles. The van der Waals surface area contributed by atoms with Gasteiger partial charge in [-0.05, 0) is 69.1 Å². The molecule has 6 nitrogen and oxygen atoms in total. The van der Waals surface area contributed by atoms with E-state index in [1.807, 2.05) is 23.4 Å². The van der Waals surface area contributed by atoms with Crippen LogP contribution in [-0.2, 0) is 4.79 Å². The molecule has 2 fully saturated rings. The highest BCUT2D eigenvalue weighted by atomic mass is 35.5. The van der Waals surface area contributed by atoms with Crippen LogP contribution in [0, 0.1) is 0 Å². The number of piperidine rings is 1. The van der Waals surface area contributed by atoms with Gasteiger partial charge < -0.3 is 19.7 Å². The topological polar surface area (TPSA) is 53.4 Å². The number of rotatable bonds is 4. The first-order chi connectivity index (χ1) is 16.4. The summed E-state index contributed by atoms with van der Waals surface area (Å²) >= 11 is 12.6. The zero-order valence-corrected chi connectivity index (χ0v) is 21.2. The number of carbonyl (C=O) groups excluding carboxylic acids is 1. The molecule has 1 N–H and O–H groups in total. The molecule has 34 heavy (non-hydrogen) atoms. The monoisotopic (exact) mass is 499 g/mol. The van der Waals surface area contributed by atoms with Crippen LogP contribution in [-0.4, -0.2) is 58.6 Å². The highest BCUT2D eigenvalue weighted by Gasteiger charge is 2.31. The van der Waals surface area contributed by atoms with Crippen molar-refractivity contribution in [2.75, 3.05) is 31.1 Å². The first-order valence-electron chi connectivity index (χ1n) is 12.1. The minimum absolute atomic E-state index is 0.0138. The summed E-state index contributed by atoms with van der Waals surface area (Å²) < 4.78 is 2.16. The van der Waals surface area contributed by atoms with Crippen LogP contribution < -0.4 is 10.2 Å². The fraction of sp³-hybridized carbons (Fsp3) is 0.462. The standard InChI is InChI=1S/C26H31Cl2N5O/c1-17-15-31(26(34)24-5-3-4-10-29-24)11-12-32(17)20-7-9-23-25(14-20)33(16-30-23)18(2)21-8-6-19(27)13-22(21)28/h6-9,13-14,16-18,24,29H,3-5,10-12,15H2,1-2H3/t17-,18?,24-/m1/s1. The maximum Gasteiger partial charge on any atom is 0.239 e. The number of piperazine rings is 1. The van der Waals surface area contributed by atoms with Gasteiger partial charge in [0.2, 0.25) is 5.91 Å². The number of imidazole rings is 1. The largest absolute Gasteiger partial charge is 0.365 e. The number of nitrogens with one attached hydrogen (secondary N) is 1. The second kappa shape index (κ2) is 9.76. The summed E-state index contributed by atoms with van der Waals surface area (Å²) in [5, 5.41) is 4.68. The number of hydrogen-bond donors (Lipinski definition) is 1. The van der Waals surface area contributed by atoms with E-state index in [0.717, 1.165) is 67.7 Å². The number of nitrogens with zero attached hydrogens (tertiary/aromatic N) is 4. The molecule has 3 atom stereocenters. The van der Waals surface area contributed by atoms with Crippen LogP contribution in [0.15, 0.2) is 42.7 Å². The quantitative estimate of drug-likeness (QED) is 0.540. The molecule has 2 aliphatic heterocycles. The molecular formula is C26H31Cl2N5O. The average Bonchev–Trinajstić information content (AvgIpc) is 3.27. The number of fused-ring (bicyclic) bond motifs is 1. The fourth-order valence-electron chi connectivity index (χ4n) is 5.32. The van der Waals surface area contributed by atoms with E-state index in [1.165, 1.54) is 0 Å². The van der Waals surface area contributed by atoms with E-state index in [9.17, 15) is 4.79 Å². The third-order valence-corrected chi connectivity index (χ3v) is 7.83. The van der Waals surface area contributed by atoms with Gasteiger partial charge >= 0.3 is 0 Å². The number of halogens is 2. The van der Waals surface area contributed by atoms with E-state index in [1.54, 1.807) is 6.07 Å². The number of anilines is 1. The molecule has 0 saturated carbocycles. The zero-order valence-electron chi connectivity index (χ0n) is 19.7. The third-order valence-electron chi connectivity index (χ3n) is 7.27. The van der Waals surface area contributed by atoms with Crippen molar-refractivity contribution in [3.05, 3.63) is 58.3 Å². The van der Waals surface area contributed by atoms with E-state index in [-0.39, 0.29) is 24.0 Å². The van der Waals surface area contributed by atoms with Gasteiger partial charge in [-0.25, -0.2) is 4.98 Å². The van der Waals surface area contributed by atoms with Crippen molar-refractivity contribution >= 4 is 45.8 Å². The predicted octanol–water partition coefficient (Wildman–Crippen LogP) is 5.13. The summed E-state index contributed by atoms with van der Waals surface area (Å²) in [6, 6.07) is 12.3. The van der Waals surface area contributed by atoms with Crippen LogP contribution in [0.3, 0.4) is 0 Å². The Morgan fingerprint density at radius 3 is 2.74 bits per heavy atom. The summed E-state index contributed by atoms with van der Waals surface area (Å²) in [6.07, 6.45) is 5.12. The van der Waals surface area contributed by atoms with Gasteiger partial charge in [0.25, 0.3) is 0 Å². The van der Waals surface area contributed by atoms with Gasteiger partial charge in [0.05, 0.1) is 29.4 Å². The van der Waals surface area contributed by atoms with Crippen molar-refractivity contribution in [2.45, 2.75) is 51.2 Å². The molecule has 8 heteroatoms. The van der Waals surface area contributed by atoms with Crippen molar-refractivity contribution in [1.29, 1.82) is 0 Å². The van der Waals surface area contributed by atoms with Gasteiger partial charge in [0.1, 0.15) is 0 Å². The van der Waals surface area contributed by atoms with Gasteiger partial charge in [-0.1, -0.05) is 35.7 Å². The van der Waals surface area contributed by atoms with Crippen molar-refractivity contribution < 1.29 is 4.79 Å². The summed E-state index contributed by atoms with van der Waals surface area (Å²) in [7, 11) is 0. The molecule has 0 aliphatic carbocycles. The van der Waals surface area contributed by atoms with Gasteiger partial charge in [0.15, 0.2) is 0 Å². The molecular weight excluding hydrogens is 469 g/mol. The fourth-order valence-corrected chi connectivity index (χ4v) is 5.88. The Hall–Kier alpha value is -2.28. The van der Waals surface area contributed by atoms with Crippen molar-refractivity contribution in [3.63, 3.8) is 0 Å². The molecule has 1 amide bonds. The lowest BCUT2D eigenvalue weighted by molar-refractivity contribution is -0.134. The van der Waals surface area contributed by atoms with E-state index >= 15 is 0 Å². The summed E-state index contributed by atoms with van der Waals surface area (Å²) in [6.45, 7) is 7.57. The summed E-state index contributed by atoms with van der Waals surface area (Å²) in [5.41, 5.74) is 4.17. The van der Waals surface area contributed by atoms with E-state index < -0.39 is 0 Å². The van der Waals surface area contributed by atoms with E-state index in [2.05, 4.69) is 51.8 Å². The average molecular weight is 500 g/mol. The Morgan fingerprint density at radius 1 is 1.15 bits per heavy atom. The Morgan fingerprint density at radius 2 is 2.00 bits per heavy atom. The molecule has 180 valence electrons. The molecule has 2 aromatic carbocycles. The van der Waals surface area contributed by atoms with E-state index in [4.69, 9.17) is 23.2 Å². The number of carbonyl (C=O) groups is 1. The lowest BCUT2D eigenvalue weighted by Gasteiger charge is -2.42. The van der Waals surface area contributed by atoms with Gasteiger partial charge in [-0.3, -0.25) is 4.79 Å². The number of amides is 1. The molecule has 0 bridgehead atoms. The van der Waals surface area contributed by atoms with Crippen molar-refractivity contribution in [2.24, 2.45) is 0 Å². The Kier molecular flexibility index (Phi) is 6.74. The minimum atomic E-state index is -0.0145. The summed E-state index contributed by atoms with van der Waals surface area (Å²) in [4.78, 5) is 22.1. The van der Waals surface area contributed by atoms with Crippen LogP contribution in [0.2, 0.25) is 10.0 Å². The molecule has 2 aliphatic rings. The Labute approximate surface area is 210 Å².